The maximum atomic E-state index is 6.13. The molecule has 0 spiro atoms. The molecule has 1 saturated heterocycles. The van der Waals surface area contributed by atoms with Crippen molar-refractivity contribution in [3.63, 3.8) is 0 Å². The molecule has 1 heterocycles. The number of nitrogens with zero attached hydrogens (tertiary/aromatic N) is 1. The number of piperidine rings is 1. The van der Waals surface area contributed by atoms with Gasteiger partial charge in [0.15, 0.2) is 0 Å². The lowest BCUT2D eigenvalue weighted by atomic mass is 9.94. The van der Waals surface area contributed by atoms with Gasteiger partial charge in [0, 0.05) is 19.1 Å². The van der Waals surface area contributed by atoms with Crippen molar-refractivity contribution in [1.29, 1.82) is 0 Å². The van der Waals surface area contributed by atoms with Gasteiger partial charge in [0.25, 0.3) is 0 Å². The topological polar surface area (TPSA) is 38.5 Å². The Morgan fingerprint density at radius 3 is 2.76 bits per heavy atom. The van der Waals surface area contributed by atoms with Crippen molar-refractivity contribution in [2.24, 2.45) is 11.7 Å². The predicted octanol–water partition coefficient (Wildman–Crippen LogP) is 3.17. The van der Waals surface area contributed by atoms with Crippen molar-refractivity contribution in [2.75, 3.05) is 26.2 Å². The van der Waals surface area contributed by atoms with E-state index in [1.54, 1.807) is 0 Å². The van der Waals surface area contributed by atoms with Gasteiger partial charge in [-0.15, -0.1) is 0 Å². The molecule has 21 heavy (non-hydrogen) atoms. The van der Waals surface area contributed by atoms with Gasteiger partial charge in [-0.25, -0.2) is 0 Å². The second-order valence-corrected chi connectivity index (χ2v) is 6.75. The molecular formula is C18H30N2O. The Hall–Kier alpha value is -1.06. The highest BCUT2D eigenvalue weighted by atomic mass is 16.5. The number of nitrogens with two attached hydrogens (primary N) is 1. The summed E-state index contributed by atoms with van der Waals surface area (Å²) in [5.74, 6) is 2.19. The molecule has 1 aromatic carbocycles. The highest BCUT2D eigenvalue weighted by Crippen LogP contribution is 2.23. The van der Waals surface area contributed by atoms with Crippen molar-refractivity contribution in [2.45, 2.75) is 46.1 Å². The van der Waals surface area contributed by atoms with E-state index in [-0.39, 0.29) is 0 Å². The second kappa shape index (κ2) is 7.28. The van der Waals surface area contributed by atoms with E-state index in [2.05, 4.69) is 50.8 Å². The number of rotatable bonds is 5. The number of hydrogen-bond donors (Lipinski definition) is 1. The molecule has 3 heteroatoms. The summed E-state index contributed by atoms with van der Waals surface area (Å²) in [6.45, 7) is 12.7. The van der Waals surface area contributed by atoms with Gasteiger partial charge >= 0.3 is 0 Å². The van der Waals surface area contributed by atoms with Crippen molar-refractivity contribution >= 4 is 0 Å². The molecule has 1 aromatic rings. The van der Waals surface area contributed by atoms with Crippen LogP contribution in [0.5, 0.6) is 5.75 Å². The van der Waals surface area contributed by atoms with E-state index in [0.717, 1.165) is 32.0 Å². The third-order valence-electron chi connectivity index (χ3n) is 4.64. The fourth-order valence-corrected chi connectivity index (χ4v) is 3.05. The zero-order chi connectivity index (χ0) is 15.4. The van der Waals surface area contributed by atoms with Gasteiger partial charge in [-0.1, -0.05) is 26.8 Å². The average Bonchev–Trinajstić information content (AvgIpc) is 2.42. The van der Waals surface area contributed by atoms with Crippen LogP contribution in [0, 0.1) is 12.8 Å². The number of likely N-dealkylation sites (tertiary alicyclic amines) is 1. The predicted molar refractivity (Wildman–Crippen MR) is 89.0 cm³/mol. The molecule has 0 radical (unpaired) electrons. The second-order valence-electron chi connectivity index (χ2n) is 6.75. The number of benzene rings is 1. The molecule has 2 atom stereocenters. The standard InChI is InChI=1S/C18H30N2O/c1-13(2)17-6-5-16(11-15(17)4)21-10-9-20-8-7-14(3)18(19)12-20/h5-6,11,13-14,18H,7-10,12,19H2,1-4H3. The molecule has 118 valence electrons. The molecule has 0 aliphatic carbocycles. The summed E-state index contributed by atoms with van der Waals surface area (Å²) in [5.41, 5.74) is 8.85. The van der Waals surface area contributed by atoms with Crippen LogP contribution in [0.2, 0.25) is 0 Å². The van der Waals surface area contributed by atoms with Gasteiger partial charge < -0.3 is 10.5 Å². The number of aryl methyl sites for hydroxylation is 1. The fraction of sp³-hybridized carbons (Fsp3) is 0.667. The van der Waals surface area contributed by atoms with E-state index >= 15 is 0 Å². The Morgan fingerprint density at radius 1 is 1.38 bits per heavy atom. The lowest BCUT2D eigenvalue weighted by Gasteiger charge is -2.34. The molecule has 2 rings (SSSR count). The Kier molecular flexibility index (Phi) is 5.65. The van der Waals surface area contributed by atoms with E-state index in [0.29, 0.717) is 17.9 Å². The first-order valence-electron chi connectivity index (χ1n) is 8.18. The molecule has 3 nitrogen and oxygen atoms in total. The van der Waals surface area contributed by atoms with Crippen LogP contribution in [-0.4, -0.2) is 37.2 Å². The van der Waals surface area contributed by atoms with E-state index in [4.69, 9.17) is 10.5 Å². The highest BCUT2D eigenvalue weighted by molar-refractivity contribution is 5.36. The van der Waals surface area contributed by atoms with Crippen LogP contribution in [0.25, 0.3) is 0 Å². The molecule has 2 unspecified atom stereocenters. The summed E-state index contributed by atoms with van der Waals surface area (Å²) in [5, 5.41) is 0. The molecule has 0 aromatic heterocycles. The maximum Gasteiger partial charge on any atom is 0.119 e. The molecule has 0 saturated carbocycles. The minimum atomic E-state index is 0.311. The minimum Gasteiger partial charge on any atom is -0.492 e. The van der Waals surface area contributed by atoms with Gasteiger partial charge in [-0.3, -0.25) is 4.90 Å². The first kappa shape index (κ1) is 16.3. The van der Waals surface area contributed by atoms with E-state index < -0.39 is 0 Å². The molecule has 1 aliphatic rings. The van der Waals surface area contributed by atoms with Gasteiger partial charge in [0.2, 0.25) is 0 Å². The summed E-state index contributed by atoms with van der Waals surface area (Å²) in [6, 6.07) is 6.74. The van der Waals surface area contributed by atoms with Crippen molar-refractivity contribution in [3.05, 3.63) is 29.3 Å². The highest BCUT2D eigenvalue weighted by Gasteiger charge is 2.22. The van der Waals surface area contributed by atoms with E-state index in [9.17, 15) is 0 Å². The van der Waals surface area contributed by atoms with Crippen LogP contribution in [0.3, 0.4) is 0 Å². The largest absolute Gasteiger partial charge is 0.492 e. The van der Waals surface area contributed by atoms with Crippen LogP contribution in [0.15, 0.2) is 18.2 Å². The molecule has 0 amide bonds. The first-order chi connectivity index (χ1) is 9.97. The van der Waals surface area contributed by atoms with E-state index in [1.807, 2.05) is 0 Å². The monoisotopic (exact) mass is 290 g/mol. The molecule has 1 fully saturated rings. The normalized spacial score (nSPS) is 23.5. The SMILES string of the molecule is Cc1cc(OCCN2CCC(C)C(N)C2)ccc1C(C)C. The Balaban J connectivity index is 1.80. The lowest BCUT2D eigenvalue weighted by molar-refractivity contribution is 0.143. The van der Waals surface area contributed by atoms with Crippen LogP contribution in [0.4, 0.5) is 0 Å². The average molecular weight is 290 g/mol. The van der Waals surface area contributed by atoms with Crippen LogP contribution >= 0.6 is 0 Å². The first-order valence-corrected chi connectivity index (χ1v) is 8.18. The van der Waals surface area contributed by atoms with Crippen molar-refractivity contribution < 1.29 is 4.74 Å². The Morgan fingerprint density at radius 2 is 2.14 bits per heavy atom. The summed E-state index contributed by atoms with van der Waals surface area (Å²) in [7, 11) is 0. The van der Waals surface area contributed by atoms with Crippen molar-refractivity contribution in [3.8, 4) is 5.75 Å². The zero-order valence-corrected chi connectivity index (χ0v) is 13.9. The third kappa shape index (κ3) is 4.45. The summed E-state index contributed by atoms with van der Waals surface area (Å²) in [4.78, 5) is 2.42. The molecule has 0 bridgehead atoms. The minimum absolute atomic E-state index is 0.311. The van der Waals surface area contributed by atoms with Crippen molar-refractivity contribution in [1.82, 2.24) is 4.90 Å². The fourth-order valence-electron chi connectivity index (χ4n) is 3.05. The zero-order valence-electron chi connectivity index (χ0n) is 13.9. The Bertz CT molecular complexity index is 459. The van der Waals surface area contributed by atoms with Gasteiger partial charge in [0.1, 0.15) is 12.4 Å². The quantitative estimate of drug-likeness (QED) is 0.905. The van der Waals surface area contributed by atoms with Crippen LogP contribution in [0.1, 0.15) is 44.2 Å². The summed E-state index contributed by atoms with van der Waals surface area (Å²) < 4.78 is 5.90. The van der Waals surface area contributed by atoms with Gasteiger partial charge in [-0.2, -0.15) is 0 Å². The number of ether oxygens (including phenoxy) is 1. The third-order valence-corrected chi connectivity index (χ3v) is 4.64. The maximum absolute atomic E-state index is 6.13. The molecule has 1 aliphatic heterocycles. The summed E-state index contributed by atoms with van der Waals surface area (Å²) >= 11 is 0. The smallest absolute Gasteiger partial charge is 0.119 e. The summed E-state index contributed by atoms with van der Waals surface area (Å²) in [6.07, 6.45) is 1.20. The Labute approximate surface area is 129 Å². The van der Waals surface area contributed by atoms with Gasteiger partial charge in [0.05, 0.1) is 0 Å². The molecule has 2 N–H and O–H groups in total. The number of hydrogen-bond acceptors (Lipinski definition) is 3. The lowest BCUT2D eigenvalue weighted by Crippen LogP contribution is -2.48. The van der Waals surface area contributed by atoms with Crippen LogP contribution in [-0.2, 0) is 0 Å². The van der Waals surface area contributed by atoms with Crippen LogP contribution < -0.4 is 10.5 Å². The van der Waals surface area contributed by atoms with E-state index in [1.165, 1.54) is 17.5 Å². The molecular weight excluding hydrogens is 260 g/mol. The van der Waals surface area contributed by atoms with Gasteiger partial charge in [-0.05, 0) is 55.0 Å².